The minimum atomic E-state index is -0.928. The molecule has 6 bridgehead atoms. The number of nitrogens with one attached hydrogen (secondary N) is 2. The highest BCUT2D eigenvalue weighted by Crippen LogP contribution is 2.57. The number of allylic oxidation sites excluding steroid dienone is 3. The van der Waals surface area contributed by atoms with Gasteiger partial charge in [0, 0.05) is 75.9 Å². The summed E-state index contributed by atoms with van der Waals surface area (Å²) in [5.74, 6) is 1.87. The smallest absolute Gasteiger partial charge is 0.352 e. The van der Waals surface area contributed by atoms with Gasteiger partial charge in [-0.3, -0.25) is 4.68 Å². The van der Waals surface area contributed by atoms with Crippen molar-refractivity contribution in [2.24, 2.45) is 12.5 Å². The lowest BCUT2D eigenvalue weighted by atomic mass is 9.67. The number of halogens is 1. The first-order chi connectivity index (χ1) is 22.5. The Balaban J connectivity index is 1.41. The van der Waals surface area contributed by atoms with Crippen molar-refractivity contribution in [3.8, 4) is 5.75 Å². The number of fused-ring (bicyclic) bond motifs is 6. The topological polar surface area (TPSA) is 103 Å². The molecule has 2 aromatic rings. The molecule has 0 saturated heterocycles. The van der Waals surface area contributed by atoms with E-state index in [9.17, 15) is 9.90 Å². The minimum Gasteiger partial charge on any atom is -0.493 e. The summed E-state index contributed by atoms with van der Waals surface area (Å²) >= 11 is 10.5. The fraction of sp³-hybridized carbons (Fsp3) is 0.472. The Morgan fingerprint density at radius 2 is 1.98 bits per heavy atom. The zero-order valence-corrected chi connectivity index (χ0v) is 30.2. The summed E-state index contributed by atoms with van der Waals surface area (Å²) in [5.41, 5.74) is 8.44. The molecule has 0 spiro atoms. The first-order valence-corrected chi connectivity index (χ1v) is 18.8. The lowest BCUT2D eigenvalue weighted by molar-refractivity contribution is -0.134. The Labute approximate surface area is 291 Å². The summed E-state index contributed by atoms with van der Waals surface area (Å²) in [6.07, 6.45) is 11.0. The van der Waals surface area contributed by atoms with Crippen molar-refractivity contribution in [2.45, 2.75) is 69.6 Å². The van der Waals surface area contributed by atoms with Crippen LogP contribution in [0.1, 0.15) is 61.2 Å². The van der Waals surface area contributed by atoms with E-state index in [1.54, 1.807) is 23.5 Å². The summed E-state index contributed by atoms with van der Waals surface area (Å²) < 4.78 is 8.41. The van der Waals surface area contributed by atoms with Gasteiger partial charge in [-0.2, -0.15) is 5.10 Å². The quantitative estimate of drug-likeness (QED) is 0.306. The van der Waals surface area contributed by atoms with Crippen LogP contribution in [-0.2, 0) is 30.4 Å². The number of carboxylic acid groups (broad SMARTS) is 1. The Morgan fingerprint density at radius 3 is 2.74 bits per heavy atom. The summed E-state index contributed by atoms with van der Waals surface area (Å²) in [6.45, 7) is 7.14. The Hall–Kier alpha value is -3.08. The van der Waals surface area contributed by atoms with Gasteiger partial charge >= 0.3 is 5.97 Å². The molecule has 250 valence electrons. The number of aromatic nitrogens is 2. The van der Waals surface area contributed by atoms with Crippen LogP contribution in [0.15, 0.2) is 57.3 Å². The molecule has 2 atom stereocenters. The molecule has 8 nitrogen and oxygen atoms in total. The number of benzene rings is 1. The Kier molecular flexibility index (Phi) is 9.93. The predicted octanol–water partition coefficient (Wildman–Crippen LogP) is 7.11. The molecule has 1 aromatic carbocycles. The van der Waals surface area contributed by atoms with Gasteiger partial charge in [0.2, 0.25) is 0 Å². The summed E-state index contributed by atoms with van der Waals surface area (Å²) in [4.78, 5) is 16.1. The highest BCUT2D eigenvalue weighted by molar-refractivity contribution is 7.99. The van der Waals surface area contributed by atoms with Crippen LogP contribution in [0, 0.1) is 17.7 Å². The van der Waals surface area contributed by atoms with Crippen LogP contribution in [0.25, 0.3) is 5.57 Å². The van der Waals surface area contributed by atoms with Crippen molar-refractivity contribution < 1.29 is 14.6 Å². The van der Waals surface area contributed by atoms with E-state index < -0.39 is 11.4 Å². The SMILES string of the molecule is CN/C1=C\C(=N)CSCc2nn(C)c(C)c2C2=C(Cl)C=CC3N(CCCOc4cc(cc5c4CCCC5)SC1)C(C(=O)O)=C(C)C23C. The van der Waals surface area contributed by atoms with Crippen LogP contribution in [-0.4, -0.2) is 69.2 Å². The normalized spacial score (nSPS) is 25.0. The number of hydrogen-bond acceptors (Lipinski definition) is 8. The number of ether oxygens (including phenoxy) is 1. The van der Waals surface area contributed by atoms with Crippen molar-refractivity contribution in [3.63, 3.8) is 0 Å². The minimum absolute atomic E-state index is 0.217. The monoisotopic (exact) mass is 693 g/mol. The Bertz CT molecular complexity index is 1740. The molecule has 0 saturated carbocycles. The van der Waals surface area contributed by atoms with Gasteiger partial charge in [-0.25, -0.2) is 4.79 Å². The number of aryl methyl sites for hydroxylation is 2. The molecule has 3 N–H and O–H groups in total. The number of carbonyl (C=O) groups is 1. The molecule has 0 amide bonds. The number of aliphatic carboxylic acids is 1. The maximum Gasteiger partial charge on any atom is 0.352 e. The first-order valence-electron chi connectivity index (χ1n) is 16.3. The van der Waals surface area contributed by atoms with Gasteiger partial charge in [-0.05, 0) is 99.4 Å². The van der Waals surface area contributed by atoms with E-state index in [4.69, 9.17) is 26.8 Å². The molecule has 2 aliphatic carbocycles. The molecule has 3 heterocycles. The van der Waals surface area contributed by atoms with Gasteiger partial charge in [0.1, 0.15) is 11.4 Å². The van der Waals surface area contributed by atoms with E-state index >= 15 is 0 Å². The van der Waals surface area contributed by atoms with E-state index in [2.05, 4.69) is 30.4 Å². The van der Waals surface area contributed by atoms with Crippen LogP contribution in [0.4, 0.5) is 0 Å². The third-order valence-electron chi connectivity index (χ3n) is 10.1. The molecule has 4 aliphatic rings. The number of rotatable bonds is 2. The fourth-order valence-corrected chi connectivity index (χ4v) is 9.70. The second-order valence-electron chi connectivity index (χ2n) is 12.9. The van der Waals surface area contributed by atoms with Crippen molar-refractivity contribution in [2.75, 3.05) is 31.7 Å². The van der Waals surface area contributed by atoms with Crippen molar-refractivity contribution in [3.05, 3.63) is 80.4 Å². The zero-order valence-electron chi connectivity index (χ0n) is 27.8. The van der Waals surface area contributed by atoms with Gasteiger partial charge in [0.15, 0.2) is 0 Å². The summed E-state index contributed by atoms with van der Waals surface area (Å²) in [5, 5.41) is 28.1. The number of carboxylic acids is 1. The molecule has 1 aromatic heterocycles. The molecule has 6 rings (SSSR count). The summed E-state index contributed by atoms with van der Waals surface area (Å²) in [6, 6.07) is 4.26. The van der Waals surface area contributed by atoms with Crippen LogP contribution in [0.3, 0.4) is 0 Å². The zero-order chi connectivity index (χ0) is 33.5. The maximum absolute atomic E-state index is 12.9. The molecule has 2 aliphatic heterocycles. The lowest BCUT2D eigenvalue weighted by Gasteiger charge is -2.41. The predicted molar refractivity (Wildman–Crippen MR) is 194 cm³/mol. The number of nitrogens with zero attached hydrogens (tertiary/aromatic N) is 3. The standard InChI is InChI=1S/C36H44ClN5O3S2/c1-21-34(35(43)44)42-13-8-14-45-30-17-26(15-23-9-6-7-10-27(23)30)47-19-25(39-4)16-24(38)18-46-20-29-32(22(2)41(5)40-29)33-28(37)11-12-31(42)36(21,33)3/h11-12,15-17,31,38-39H,6-10,13-14,18-20H2,1-5H3,(H,43,44)/b25-16-,38-24?. The molecule has 0 fully saturated rings. The van der Waals surface area contributed by atoms with Crippen LogP contribution in [0.5, 0.6) is 5.75 Å². The van der Waals surface area contributed by atoms with Crippen LogP contribution < -0.4 is 10.1 Å². The van der Waals surface area contributed by atoms with Gasteiger partial charge in [0.25, 0.3) is 0 Å². The second-order valence-corrected chi connectivity index (χ2v) is 15.4. The second kappa shape index (κ2) is 13.8. The van der Waals surface area contributed by atoms with Crippen molar-refractivity contribution >= 4 is 52.4 Å². The van der Waals surface area contributed by atoms with Gasteiger partial charge < -0.3 is 25.5 Å². The number of hydrogen-bond donors (Lipinski definition) is 3. The summed E-state index contributed by atoms with van der Waals surface area (Å²) in [7, 11) is 3.85. The Morgan fingerprint density at radius 1 is 1.19 bits per heavy atom. The maximum atomic E-state index is 12.9. The third-order valence-corrected chi connectivity index (χ3v) is 12.5. The third kappa shape index (κ3) is 6.29. The van der Waals surface area contributed by atoms with Crippen molar-refractivity contribution in [1.29, 1.82) is 5.41 Å². The first kappa shape index (κ1) is 33.8. The van der Waals surface area contributed by atoms with Gasteiger partial charge in [-0.1, -0.05) is 17.7 Å². The fourth-order valence-electron chi connectivity index (χ4n) is 7.57. The average Bonchev–Trinajstić information content (AvgIpc) is 3.44. The van der Waals surface area contributed by atoms with E-state index in [1.165, 1.54) is 17.5 Å². The highest BCUT2D eigenvalue weighted by Gasteiger charge is 2.53. The molecule has 47 heavy (non-hydrogen) atoms. The molecular formula is C36H44ClN5O3S2. The molecule has 11 heteroatoms. The lowest BCUT2D eigenvalue weighted by Crippen LogP contribution is -2.42. The average molecular weight is 694 g/mol. The van der Waals surface area contributed by atoms with Gasteiger partial charge in [0.05, 0.1) is 18.3 Å². The van der Waals surface area contributed by atoms with Gasteiger partial charge in [-0.15, -0.1) is 23.5 Å². The van der Waals surface area contributed by atoms with Crippen LogP contribution >= 0.6 is 35.1 Å². The molecule has 2 unspecified atom stereocenters. The molecular weight excluding hydrogens is 650 g/mol. The number of thioether (sulfide) groups is 2. The van der Waals surface area contributed by atoms with E-state index in [-0.39, 0.29) is 6.04 Å². The van der Waals surface area contributed by atoms with E-state index in [0.29, 0.717) is 47.5 Å². The van der Waals surface area contributed by atoms with E-state index in [1.807, 2.05) is 49.7 Å². The van der Waals surface area contributed by atoms with Crippen LogP contribution in [0.2, 0.25) is 0 Å². The largest absolute Gasteiger partial charge is 0.493 e. The molecule has 0 radical (unpaired) electrons. The van der Waals surface area contributed by atoms with E-state index in [0.717, 1.165) is 69.5 Å². The van der Waals surface area contributed by atoms with Crippen molar-refractivity contribution in [1.82, 2.24) is 20.0 Å². The highest BCUT2D eigenvalue weighted by atomic mass is 35.5.